The number of esters is 1. The zero-order chi connectivity index (χ0) is 40.1. The van der Waals surface area contributed by atoms with Gasteiger partial charge in [0.2, 0.25) is 5.91 Å². The molecule has 0 aliphatic rings. The number of nitrogens with one attached hydrogen (secondary N) is 1. The van der Waals surface area contributed by atoms with Gasteiger partial charge >= 0.3 is 11.9 Å². The van der Waals surface area contributed by atoms with Crippen molar-refractivity contribution >= 4 is 17.8 Å². The molecule has 0 aromatic carbocycles. The SMILES string of the molecule is CC/C=C\C/C=C\C/C=C\C/C=C\C/C=C\C/C=C\C/C=C\CCCC(=O)OC(CCCCCCCCCCCC)CCCCCCCC(=O)NCC(=O)O. The van der Waals surface area contributed by atoms with Gasteiger partial charge in [-0.15, -0.1) is 0 Å². The molecule has 0 saturated carbocycles. The van der Waals surface area contributed by atoms with Crippen molar-refractivity contribution in [2.45, 2.75) is 200 Å². The van der Waals surface area contributed by atoms with E-state index in [0.717, 1.165) is 109 Å². The molecular weight excluding hydrogens is 683 g/mol. The Kier molecular flexibility index (Phi) is 40.6. The molecule has 6 heteroatoms. The highest BCUT2D eigenvalue weighted by Gasteiger charge is 2.14. The van der Waals surface area contributed by atoms with Gasteiger partial charge in [-0.3, -0.25) is 14.4 Å². The molecule has 0 heterocycles. The minimum Gasteiger partial charge on any atom is -0.480 e. The molecule has 0 radical (unpaired) electrons. The molecule has 0 aromatic rings. The molecule has 0 spiro atoms. The first-order valence-electron chi connectivity index (χ1n) is 22.2. The quantitative estimate of drug-likeness (QED) is 0.0369. The first-order valence-corrected chi connectivity index (χ1v) is 22.2. The third-order valence-electron chi connectivity index (χ3n) is 9.33. The maximum Gasteiger partial charge on any atom is 0.322 e. The van der Waals surface area contributed by atoms with Crippen molar-refractivity contribution in [3.05, 3.63) is 85.1 Å². The molecule has 0 aliphatic heterocycles. The number of carboxylic acids is 1. The van der Waals surface area contributed by atoms with Gasteiger partial charge in [-0.05, 0) is 89.9 Å². The van der Waals surface area contributed by atoms with Crippen LogP contribution in [0.3, 0.4) is 0 Å². The molecule has 1 amide bonds. The van der Waals surface area contributed by atoms with Gasteiger partial charge in [0, 0.05) is 12.8 Å². The summed E-state index contributed by atoms with van der Waals surface area (Å²) < 4.78 is 6.00. The van der Waals surface area contributed by atoms with Crippen molar-refractivity contribution in [1.82, 2.24) is 5.32 Å². The van der Waals surface area contributed by atoms with E-state index in [2.05, 4.69) is 104 Å². The van der Waals surface area contributed by atoms with E-state index in [4.69, 9.17) is 9.84 Å². The molecule has 0 aromatic heterocycles. The van der Waals surface area contributed by atoms with E-state index in [1.165, 1.54) is 57.8 Å². The Balaban J connectivity index is 4.22. The number of aliphatic carboxylic acids is 1. The molecule has 2 N–H and O–H groups in total. The number of allylic oxidation sites excluding steroid dienone is 14. The lowest BCUT2D eigenvalue weighted by molar-refractivity contribution is -0.150. The van der Waals surface area contributed by atoms with E-state index >= 15 is 0 Å². The summed E-state index contributed by atoms with van der Waals surface area (Å²) in [6, 6.07) is 0. The Labute approximate surface area is 337 Å². The fraction of sp³-hybridized carbons (Fsp3) is 0.653. The number of unbranched alkanes of at least 4 members (excludes halogenated alkanes) is 14. The van der Waals surface area contributed by atoms with E-state index in [9.17, 15) is 14.4 Å². The average Bonchev–Trinajstić information content (AvgIpc) is 3.17. The first kappa shape index (κ1) is 51.6. The minimum absolute atomic E-state index is 0.00742. The predicted octanol–water partition coefficient (Wildman–Crippen LogP) is 14.0. The number of carboxylic acid groups (broad SMARTS) is 1. The Bertz CT molecular complexity index is 1110. The number of carbonyl (C=O) groups excluding carboxylic acids is 2. The van der Waals surface area contributed by atoms with Gasteiger partial charge in [0.05, 0.1) is 0 Å². The summed E-state index contributed by atoms with van der Waals surface area (Å²) in [5, 5.41) is 11.1. The van der Waals surface area contributed by atoms with E-state index < -0.39 is 5.97 Å². The Morgan fingerprint density at radius 2 is 0.891 bits per heavy atom. The summed E-state index contributed by atoms with van der Waals surface area (Å²) in [6.45, 7) is 4.10. The van der Waals surface area contributed by atoms with Gasteiger partial charge in [-0.2, -0.15) is 0 Å². The molecule has 0 aliphatic carbocycles. The molecule has 55 heavy (non-hydrogen) atoms. The van der Waals surface area contributed by atoms with Crippen molar-refractivity contribution in [2.24, 2.45) is 0 Å². The van der Waals surface area contributed by atoms with Crippen molar-refractivity contribution in [2.75, 3.05) is 6.54 Å². The fourth-order valence-electron chi connectivity index (χ4n) is 6.09. The molecule has 1 unspecified atom stereocenters. The lowest BCUT2D eigenvalue weighted by Crippen LogP contribution is -2.28. The Morgan fingerprint density at radius 1 is 0.491 bits per heavy atom. The normalized spacial score (nSPS) is 12.9. The van der Waals surface area contributed by atoms with Gasteiger partial charge in [0.1, 0.15) is 12.6 Å². The predicted molar refractivity (Wildman–Crippen MR) is 235 cm³/mol. The van der Waals surface area contributed by atoms with Crippen molar-refractivity contribution in [1.29, 1.82) is 0 Å². The van der Waals surface area contributed by atoms with E-state index in [1.54, 1.807) is 0 Å². The smallest absolute Gasteiger partial charge is 0.322 e. The van der Waals surface area contributed by atoms with Crippen LogP contribution in [0.1, 0.15) is 194 Å². The monoisotopic (exact) mass is 764 g/mol. The maximum atomic E-state index is 12.7. The molecular formula is C49H81NO5. The molecule has 312 valence electrons. The number of ether oxygens (including phenoxy) is 1. The van der Waals surface area contributed by atoms with Crippen molar-refractivity contribution < 1.29 is 24.2 Å². The number of rotatable bonds is 39. The van der Waals surface area contributed by atoms with Crippen LogP contribution in [-0.2, 0) is 19.1 Å². The van der Waals surface area contributed by atoms with Crippen LogP contribution in [0, 0.1) is 0 Å². The van der Waals surface area contributed by atoms with Gasteiger partial charge < -0.3 is 15.2 Å². The van der Waals surface area contributed by atoms with E-state index in [-0.39, 0.29) is 24.5 Å². The number of hydrogen-bond donors (Lipinski definition) is 2. The van der Waals surface area contributed by atoms with Crippen LogP contribution in [-0.4, -0.2) is 35.6 Å². The highest BCUT2D eigenvalue weighted by Crippen LogP contribution is 2.18. The highest BCUT2D eigenvalue weighted by molar-refractivity contribution is 5.80. The fourth-order valence-corrected chi connectivity index (χ4v) is 6.09. The summed E-state index contributed by atoms with van der Waals surface area (Å²) >= 11 is 0. The lowest BCUT2D eigenvalue weighted by Gasteiger charge is -2.18. The van der Waals surface area contributed by atoms with E-state index in [0.29, 0.717) is 12.8 Å². The maximum absolute atomic E-state index is 12.7. The van der Waals surface area contributed by atoms with Crippen LogP contribution in [0.2, 0.25) is 0 Å². The third-order valence-corrected chi connectivity index (χ3v) is 9.33. The summed E-state index contributed by atoms with van der Waals surface area (Å²) in [5.41, 5.74) is 0. The second-order valence-electron chi connectivity index (χ2n) is 14.6. The Morgan fingerprint density at radius 3 is 1.33 bits per heavy atom. The lowest BCUT2D eigenvalue weighted by atomic mass is 10.0. The van der Waals surface area contributed by atoms with E-state index in [1.807, 2.05) is 0 Å². The zero-order valence-corrected chi connectivity index (χ0v) is 35.2. The second-order valence-corrected chi connectivity index (χ2v) is 14.6. The van der Waals surface area contributed by atoms with Gasteiger partial charge in [0.25, 0.3) is 0 Å². The van der Waals surface area contributed by atoms with Crippen LogP contribution in [0.5, 0.6) is 0 Å². The van der Waals surface area contributed by atoms with Gasteiger partial charge in [-0.25, -0.2) is 0 Å². The van der Waals surface area contributed by atoms with Crippen LogP contribution in [0.4, 0.5) is 0 Å². The summed E-state index contributed by atoms with van der Waals surface area (Å²) in [7, 11) is 0. The molecule has 1 atom stereocenters. The van der Waals surface area contributed by atoms with Crippen LogP contribution in [0.25, 0.3) is 0 Å². The van der Waals surface area contributed by atoms with Gasteiger partial charge in [0.15, 0.2) is 0 Å². The number of amides is 1. The van der Waals surface area contributed by atoms with Crippen molar-refractivity contribution in [3.63, 3.8) is 0 Å². The first-order chi connectivity index (χ1) is 27.0. The number of hydrogen-bond acceptors (Lipinski definition) is 4. The topological polar surface area (TPSA) is 92.7 Å². The number of carbonyl (C=O) groups is 3. The molecule has 0 fully saturated rings. The van der Waals surface area contributed by atoms with Crippen molar-refractivity contribution in [3.8, 4) is 0 Å². The van der Waals surface area contributed by atoms with Crippen LogP contribution in [0.15, 0.2) is 85.1 Å². The largest absolute Gasteiger partial charge is 0.480 e. The summed E-state index contributed by atoms with van der Waals surface area (Å²) in [4.78, 5) is 35.0. The third kappa shape index (κ3) is 43.2. The molecule has 0 saturated heterocycles. The minimum atomic E-state index is -1.02. The zero-order valence-electron chi connectivity index (χ0n) is 35.2. The summed E-state index contributed by atoms with van der Waals surface area (Å²) in [6.07, 6.45) is 59.9. The molecule has 0 rings (SSSR count). The molecule has 0 bridgehead atoms. The van der Waals surface area contributed by atoms with Crippen LogP contribution < -0.4 is 5.32 Å². The van der Waals surface area contributed by atoms with Gasteiger partial charge in [-0.1, -0.05) is 176 Å². The standard InChI is InChI=1S/C49H81NO5/c1-3-5-7-9-11-13-15-16-17-18-19-20-21-22-23-24-25-26-27-29-31-36-40-44-49(54)55-46(41-37-33-30-28-14-12-10-8-6-4-2)42-38-34-32-35-39-43-47(51)50-45-48(52)53/h5,7,11,13,16-17,19-20,22-23,25-26,29,31,46H,3-4,6,8-10,12,14-15,18,21,24,27-28,30,32-45H2,1-2H3,(H,50,51)(H,52,53)/b7-5-,13-11-,17-16-,20-19-,23-22-,26-25-,31-29-. The molecule has 6 nitrogen and oxygen atoms in total. The highest BCUT2D eigenvalue weighted by atomic mass is 16.5. The summed E-state index contributed by atoms with van der Waals surface area (Å²) in [5.74, 6) is -1.30. The second kappa shape index (κ2) is 43.3. The van der Waals surface area contributed by atoms with Crippen LogP contribution >= 0.6 is 0 Å². The average molecular weight is 764 g/mol. The Hall–Kier alpha value is -3.41.